The van der Waals surface area contributed by atoms with Crippen molar-refractivity contribution in [2.45, 2.75) is 0 Å². The van der Waals surface area contributed by atoms with E-state index < -0.39 is 0 Å². The van der Waals surface area contributed by atoms with Crippen LogP contribution >= 0.6 is 39.1 Å². The van der Waals surface area contributed by atoms with E-state index in [0.717, 1.165) is 4.60 Å². The predicted octanol–water partition coefficient (Wildman–Crippen LogP) is 3.03. The SMILES string of the molecule is Clc1nc(Cl)c2[nH]c(Br)cc2n1. The van der Waals surface area contributed by atoms with Crippen LogP contribution in [0.4, 0.5) is 0 Å². The zero-order valence-electron chi connectivity index (χ0n) is 5.61. The molecule has 0 saturated carbocycles. The van der Waals surface area contributed by atoms with Gasteiger partial charge in [0.1, 0.15) is 5.52 Å². The molecule has 12 heavy (non-hydrogen) atoms. The average molecular weight is 267 g/mol. The molecule has 2 rings (SSSR count). The van der Waals surface area contributed by atoms with E-state index in [0.29, 0.717) is 16.2 Å². The van der Waals surface area contributed by atoms with Crippen LogP contribution in [0.25, 0.3) is 11.0 Å². The lowest BCUT2D eigenvalue weighted by molar-refractivity contribution is 1.22. The molecule has 0 saturated heterocycles. The molecule has 0 spiro atoms. The van der Waals surface area contributed by atoms with Crippen molar-refractivity contribution < 1.29 is 0 Å². The van der Waals surface area contributed by atoms with Crippen molar-refractivity contribution >= 4 is 50.2 Å². The Morgan fingerprint density at radius 2 is 2.08 bits per heavy atom. The Hall–Kier alpha value is -0.320. The van der Waals surface area contributed by atoms with Gasteiger partial charge in [0.15, 0.2) is 5.15 Å². The summed E-state index contributed by atoms with van der Waals surface area (Å²) in [7, 11) is 0. The van der Waals surface area contributed by atoms with Crippen molar-refractivity contribution in [3.05, 3.63) is 21.1 Å². The first-order valence-electron chi connectivity index (χ1n) is 3.04. The summed E-state index contributed by atoms with van der Waals surface area (Å²) in [5.74, 6) is 0. The Morgan fingerprint density at radius 1 is 1.33 bits per heavy atom. The van der Waals surface area contributed by atoms with Crippen molar-refractivity contribution in [1.29, 1.82) is 0 Å². The fourth-order valence-electron chi connectivity index (χ4n) is 0.918. The number of nitrogens with zero attached hydrogens (tertiary/aromatic N) is 2. The molecule has 2 aromatic heterocycles. The van der Waals surface area contributed by atoms with E-state index in [1.807, 2.05) is 0 Å². The second-order valence-electron chi connectivity index (χ2n) is 2.16. The maximum absolute atomic E-state index is 5.79. The molecule has 3 nitrogen and oxygen atoms in total. The molecule has 0 aliphatic rings. The molecule has 2 heterocycles. The monoisotopic (exact) mass is 265 g/mol. The van der Waals surface area contributed by atoms with Gasteiger partial charge in [-0.25, -0.2) is 9.97 Å². The van der Waals surface area contributed by atoms with E-state index in [9.17, 15) is 0 Å². The molecular weight excluding hydrogens is 265 g/mol. The fraction of sp³-hybridized carbons (Fsp3) is 0. The predicted molar refractivity (Wildman–Crippen MR) is 51.6 cm³/mol. The van der Waals surface area contributed by atoms with Crippen molar-refractivity contribution in [3.63, 3.8) is 0 Å². The standard InChI is InChI=1S/C6H2BrCl2N3/c7-3-1-2-4(11-3)5(8)12-6(9)10-2/h1,11H. The molecule has 0 fully saturated rings. The Bertz CT molecular complexity index is 440. The van der Waals surface area contributed by atoms with Crippen LogP contribution in [0.3, 0.4) is 0 Å². The minimum absolute atomic E-state index is 0.152. The van der Waals surface area contributed by atoms with Gasteiger partial charge >= 0.3 is 0 Å². The van der Waals surface area contributed by atoms with E-state index in [2.05, 4.69) is 30.9 Å². The number of hydrogen-bond acceptors (Lipinski definition) is 2. The highest BCUT2D eigenvalue weighted by atomic mass is 79.9. The molecule has 0 aromatic carbocycles. The van der Waals surface area contributed by atoms with E-state index in [1.165, 1.54) is 0 Å². The number of hydrogen-bond donors (Lipinski definition) is 1. The summed E-state index contributed by atoms with van der Waals surface area (Å²) in [5, 5.41) is 0.481. The molecule has 6 heteroatoms. The van der Waals surface area contributed by atoms with Crippen LogP contribution in [0.15, 0.2) is 10.7 Å². The normalized spacial score (nSPS) is 10.9. The first-order valence-corrected chi connectivity index (χ1v) is 4.59. The summed E-state index contributed by atoms with van der Waals surface area (Å²) in [5.41, 5.74) is 1.39. The van der Waals surface area contributed by atoms with Crippen LogP contribution in [0.5, 0.6) is 0 Å². The number of aromatic nitrogens is 3. The Balaban J connectivity index is 2.88. The molecule has 0 unspecified atom stereocenters. The summed E-state index contributed by atoms with van der Waals surface area (Å²) < 4.78 is 0.802. The molecule has 0 atom stereocenters. The van der Waals surface area contributed by atoms with Gasteiger partial charge in [-0.15, -0.1) is 0 Å². The van der Waals surface area contributed by atoms with Gasteiger partial charge in [-0.1, -0.05) is 11.6 Å². The molecular formula is C6H2BrCl2N3. The average Bonchev–Trinajstić information content (AvgIpc) is 2.29. The lowest BCUT2D eigenvalue weighted by Crippen LogP contribution is -1.83. The molecule has 0 amide bonds. The maximum Gasteiger partial charge on any atom is 0.224 e. The third-order valence-electron chi connectivity index (χ3n) is 1.37. The number of H-pyrrole nitrogens is 1. The Labute approximate surface area is 86.2 Å². The number of rotatable bonds is 0. The minimum Gasteiger partial charge on any atom is -0.345 e. The van der Waals surface area contributed by atoms with Crippen molar-refractivity contribution in [2.24, 2.45) is 0 Å². The number of fused-ring (bicyclic) bond motifs is 1. The highest BCUT2D eigenvalue weighted by molar-refractivity contribution is 9.10. The van der Waals surface area contributed by atoms with Crippen molar-refractivity contribution in [1.82, 2.24) is 15.0 Å². The van der Waals surface area contributed by atoms with E-state index >= 15 is 0 Å². The van der Waals surface area contributed by atoms with Crippen LogP contribution < -0.4 is 0 Å². The third-order valence-corrected chi connectivity index (χ3v) is 2.24. The Kier molecular flexibility index (Phi) is 1.98. The molecule has 0 aliphatic heterocycles. The highest BCUT2D eigenvalue weighted by Gasteiger charge is 2.06. The Morgan fingerprint density at radius 3 is 2.83 bits per heavy atom. The molecule has 62 valence electrons. The van der Waals surface area contributed by atoms with Crippen molar-refractivity contribution in [3.8, 4) is 0 Å². The van der Waals surface area contributed by atoms with Gasteiger partial charge < -0.3 is 4.98 Å². The van der Waals surface area contributed by atoms with Crippen LogP contribution in [0, 0.1) is 0 Å². The third kappa shape index (κ3) is 1.30. The van der Waals surface area contributed by atoms with Gasteiger partial charge in [0.25, 0.3) is 0 Å². The second kappa shape index (κ2) is 2.87. The van der Waals surface area contributed by atoms with Gasteiger partial charge in [-0.05, 0) is 33.6 Å². The minimum atomic E-state index is 0.152. The number of nitrogens with one attached hydrogen (secondary N) is 1. The van der Waals surface area contributed by atoms with Gasteiger partial charge in [0.2, 0.25) is 5.28 Å². The van der Waals surface area contributed by atoms with E-state index in [1.54, 1.807) is 6.07 Å². The highest BCUT2D eigenvalue weighted by Crippen LogP contribution is 2.24. The lowest BCUT2D eigenvalue weighted by Gasteiger charge is -1.92. The number of aromatic amines is 1. The summed E-state index contributed by atoms with van der Waals surface area (Å²) >= 11 is 14.6. The first-order chi connectivity index (χ1) is 5.66. The van der Waals surface area contributed by atoms with Crippen molar-refractivity contribution in [2.75, 3.05) is 0 Å². The number of halogens is 3. The molecule has 0 radical (unpaired) electrons. The van der Waals surface area contributed by atoms with Gasteiger partial charge in [-0.2, -0.15) is 0 Å². The zero-order chi connectivity index (χ0) is 8.72. The second-order valence-corrected chi connectivity index (χ2v) is 3.71. The van der Waals surface area contributed by atoms with Crippen LogP contribution in [-0.4, -0.2) is 15.0 Å². The lowest BCUT2D eigenvalue weighted by atomic mass is 10.5. The molecule has 2 aromatic rings. The van der Waals surface area contributed by atoms with Crippen LogP contribution in [0.2, 0.25) is 10.4 Å². The fourth-order valence-corrected chi connectivity index (χ4v) is 1.78. The topological polar surface area (TPSA) is 41.6 Å². The largest absolute Gasteiger partial charge is 0.345 e. The quantitative estimate of drug-likeness (QED) is 0.588. The van der Waals surface area contributed by atoms with Crippen LogP contribution in [-0.2, 0) is 0 Å². The van der Waals surface area contributed by atoms with E-state index in [4.69, 9.17) is 23.2 Å². The van der Waals surface area contributed by atoms with Crippen LogP contribution in [0.1, 0.15) is 0 Å². The summed E-state index contributed by atoms with van der Waals surface area (Å²) in [6.45, 7) is 0. The van der Waals surface area contributed by atoms with Gasteiger partial charge in [-0.3, -0.25) is 0 Å². The smallest absolute Gasteiger partial charge is 0.224 e. The zero-order valence-corrected chi connectivity index (χ0v) is 8.70. The summed E-state index contributed by atoms with van der Waals surface area (Å²) in [6, 6.07) is 1.79. The maximum atomic E-state index is 5.79. The first kappa shape index (κ1) is 8.29. The van der Waals surface area contributed by atoms with Gasteiger partial charge in [0, 0.05) is 0 Å². The van der Waals surface area contributed by atoms with E-state index in [-0.39, 0.29) is 5.28 Å². The molecule has 0 aliphatic carbocycles. The molecule has 0 bridgehead atoms. The van der Waals surface area contributed by atoms with Gasteiger partial charge in [0.05, 0.1) is 10.1 Å². The summed E-state index contributed by atoms with van der Waals surface area (Å²) in [6.07, 6.45) is 0. The summed E-state index contributed by atoms with van der Waals surface area (Å²) in [4.78, 5) is 10.7. The molecule has 1 N–H and O–H groups in total.